The van der Waals surface area contributed by atoms with Gasteiger partial charge in [-0.2, -0.15) is 0 Å². The zero-order valence-corrected chi connectivity index (χ0v) is 15.2. The van der Waals surface area contributed by atoms with Gasteiger partial charge in [0.1, 0.15) is 0 Å². The van der Waals surface area contributed by atoms with Gasteiger partial charge in [-0.25, -0.2) is 0 Å². The maximum Gasteiger partial charge on any atom is 0.486 e. The molecule has 120 valence electrons. The fourth-order valence-corrected chi connectivity index (χ4v) is 3.08. The monoisotopic (exact) mass is 318 g/mol. The Morgan fingerprint density at radius 2 is 1.64 bits per heavy atom. The number of hydrogen-bond donors (Lipinski definition) is 0. The first-order valence-electron chi connectivity index (χ1n) is 8.02. The van der Waals surface area contributed by atoms with Crippen molar-refractivity contribution in [2.75, 3.05) is 5.75 Å². The summed E-state index contributed by atoms with van der Waals surface area (Å²) in [6, 6.07) is 8.72. The number of unbranched alkanes of at least 4 members (excludes halogenated alkanes) is 1. The summed E-state index contributed by atoms with van der Waals surface area (Å²) >= 11 is 1.91. The second-order valence-corrected chi connectivity index (χ2v) is 8.02. The molecule has 4 heteroatoms. The van der Waals surface area contributed by atoms with Crippen LogP contribution in [-0.2, 0) is 9.31 Å². The van der Waals surface area contributed by atoms with Crippen molar-refractivity contribution in [2.24, 2.45) is 0 Å². The van der Waals surface area contributed by atoms with Crippen LogP contribution >= 0.6 is 11.8 Å². The highest BCUT2D eigenvalue weighted by Crippen LogP contribution is 2.36. The summed E-state index contributed by atoms with van der Waals surface area (Å²) in [4.78, 5) is 1.35. The minimum absolute atomic E-state index is 0.213. The van der Waals surface area contributed by atoms with Gasteiger partial charge in [-0.15, -0.1) is 11.8 Å². The van der Waals surface area contributed by atoms with Crippen LogP contribution < -0.4 is 0 Å². The topological polar surface area (TPSA) is 18.5 Å². The molecule has 1 aromatic rings. The fourth-order valence-electron chi connectivity index (χ4n) is 2.20. The third-order valence-electron chi connectivity index (χ3n) is 4.37. The Bertz CT molecular complexity index is 492. The molecule has 1 aliphatic heterocycles. The molecule has 0 aliphatic carbocycles. The van der Waals surface area contributed by atoms with E-state index in [-0.39, 0.29) is 18.3 Å². The molecule has 1 fully saturated rings. The predicted octanol–water partition coefficient (Wildman–Crippen LogP) is 5.05. The van der Waals surface area contributed by atoms with Gasteiger partial charge in [0.25, 0.3) is 0 Å². The van der Waals surface area contributed by atoms with Gasteiger partial charge in [0.05, 0.1) is 11.2 Å². The average Bonchev–Trinajstić information content (AvgIpc) is 2.64. The van der Waals surface area contributed by atoms with Crippen LogP contribution in [0.15, 0.2) is 41.2 Å². The molecule has 0 saturated carbocycles. The fraction of sp³-hybridized carbons (Fsp3) is 0.556. The molecule has 1 heterocycles. The van der Waals surface area contributed by atoms with E-state index in [0.29, 0.717) is 0 Å². The number of aryl methyl sites for hydroxylation is 1. The van der Waals surface area contributed by atoms with Gasteiger partial charge in [0.15, 0.2) is 0 Å². The molecule has 1 saturated heterocycles. The molecule has 0 radical (unpaired) electrons. The second-order valence-electron chi connectivity index (χ2n) is 6.86. The highest BCUT2D eigenvalue weighted by Gasteiger charge is 2.49. The van der Waals surface area contributed by atoms with Crippen LogP contribution in [0.3, 0.4) is 0 Å². The molecule has 0 bridgehead atoms. The number of thioether (sulfide) groups is 1. The van der Waals surface area contributed by atoms with Gasteiger partial charge in [0.2, 0.25) is 0 Å². The lowest BCUT2D eigenvalue weighted by Crippen LogP contribution is -2.41. The number of hydrogen-bond acceptors (Lipinski definition) is 3. The SMILES string of the molecule is Cc1ccc(SCCC/C=C/B2OC(C)(C)C(C)(C)O2)cc1. The van der Waals surface area contributed by atoms with Crippen molar-refractivity contribution in [3.63, 3.8) is 0 Å². The van der Waals surface area contributed by atoms with Gasteiger partial charge in [-0.3, -0.25) is 0 Å². The third kappa shape index (κ3) is 4.64. The Morgan fingerprint density at radius 1 is 1.05 bits per heavy atom. The van der Waals surface area contributed by atoms with Crippen LogP contribution in [-0.4, -0.2) is 24.1 Å². The van der Waals surface area contributed by atoms with Crippen LogP contribution in [0.25, 0.3) is 0 Å². The highest BCUT2D eigenvalue weighted by molar-refractivity contribution is 7.99. The minimum atomic E-state index is -0.247. The first-order valence-corrected chi connectivity index (χ1v) is 9.00. The van der Waals surface area contributed by atoms with Crippen LogP contribution in [0.5, 0.6) is 0 Å². The van der Waals surface area contributed by atoms with Crippen LogP contribution in [0, 0.1) is 6.92 Å². The van der Waals surface area contributed by atoms with Gasteiger partial charge >= 0.3 is 7.12 Å². The molecule has 0 atom stereocenters. The molecule has 2 nitrogen and oxygen atoms in total. The normalized spacial score (nSPS) is 20.0. The number of allylic oxidation sites excluding steroid dienone is 1. The van der Waals surface area contributed by atoms with Crippen LogP contribution in [0.4, 0.5) is 0 Å². The lowest BCUT2D eigenvalue weighted by atomic mass is 9.89. The Balaban J connectivity index is 1.66. The quantitative estimate of drug-likeness (QED) is 0.415. The highest BCUT2D eigenvalue weighted by atomic mass is 32.2. The summed E-state index contributed by atoms with van der Waals surface area (Å²) in [5.41, 5.74) is 0.821. The lowest BCUT2D eigenvalue weighted by molar-refractivity contribution is 0.00578. The Kier molecular flexibility index (Phi) is 5.81. The lowest BCUT2D eigenvalue weighted by Gasteiger charge is -2.32. The van der Waals surface area contributed by atoms with Crippen LogP contribution in [0.2, 0.25) is 0 Å². The van der Waals surface area contributed by atoms with E-state index in [1.807, 2.05) is 17.7 Å². The summed E-state index contributed by atoms with van der Waals surface area (Å²) in [7, 11) is -0.213. The smallest absolute Gasteiger partial charge is 0.400 e. The summed E-state index contributed by atoms with van der Waals surface area (Å²) in [6.45, 7) is 10.4. The predicted molar refractivity (Wildman–Crippen MR) is 96.4 cm³/mol. The largest absolute Gasteiger partial charge is 0.486 e. The maximum atomic E-state index is 5.94. The van der Waals surface area contributed by atoms with Crippen LogP contribution in [0.1, 0.15) is 46.1 Å². The standard InChI is InChI=1S/C18H27BO2S/c1-15-9-11-16(12-10-15)22-14-8-6-7-13-19-20-17(2,3)18(4,5)21-19/h7,9-13H,6,8,14H2,1-5H3/b13-7+. The molecule has 22 heavy (non-hydrogen) atoms. The zero-order valence-electron chi connectivity index (χ0n) is 14.4. The molecule has 2 rings (SSSR count). The van der Waals surface area contributed by atoms with E-state index in [4.69, 9.17) is 9.31 Å². The first kappa shape index (κ1) is 17.6. The Hall–Kier alpha value is -0.705. The van der Waals surface area contributed by atoms with E-state index in [2.05, 4.69) is 65.0 Å². The summed E-state index contributed by atoms with van der Waals surface area (Å²) in [6.07, 6.45) is 4.40. The Morgan fingerprint density at radius 3 is 2.23 bits per heavy atom. The molecular weight excluding hydrogens is 291 g/mol. The summed E-state index contributed by atoms with van der Waals surface area (Å²) in [5, 5.41) is 0. The molecule has 0 N–H and O–H groups in total. The molecular formula is C18H27BO2S. The average molecular weight is 318 g/mol. The number of rotatable bonds is 6. The van der Waals surface area contributed by atoms with Gasteiger partial charge in [-0.05, 0) is 65.3 Å². The third-order valence-corrected chi connectivity index (χ3v) is 5.47. The number of benzene rings is 1. The first-order chi connectivity index (χ1) is 10.3. The van der Waals surface area contributed by atoms with E-state index in [0.717, 1.165) is 18.6 Å². The minimum Gasteiger partial charge on any atom is -0.400 e. The molecule has 0 spiro atoms. The van der Waals surface area contributed by atoms with E-state index in [1.165, 1.54) is 10.5 Å². The second kappa shape index (κ2) is 7.24. The molecule has 0 amide bonds. The van der Waals surface area contributed by atoms with Crippen molar-refractivity contribution in [3.05, 3.63) is 41.9 Å². The molecule has 1 aliphatic rings. The zero-order chi connectivity index (χ0) is 16.2. The van der Waals surface area contributed by atoms with Gasteiger partial charge in [-0.1, -0.05) is 29.7 Å². The molecule has 0 aromatic heterocycles. The van der Waals surface area contributed by atoms with Gasteiger partial charge in [0, 0.05) is 4.90 Å². The molecule has 0 unspecified atom stereocenters. The van der Waals surface area contributed by atoms with E-state index >= 15 is 0 Å². The maximum absolute atomic E-state index is 5.94. The summed E-state index contributed by atoms with van der Waals surface area (Å²) < 4.78 is 11.9. The van der Waals surface area contributed by atoms with E-state index < -0.39 is 0 Å². The van der Waals surface area contributed by atoms with E-state index in [1.54, 1.807) is 0 Å². The summed E-state index contributed by atoms with van der Waals surface area (Å²) in [5.74, 6) is 3.18. The van der Waals surface area contributed by atoms with Gasteiger partial charge < -0.3 is 9.31 Å². The van der Waals surface area contributed by atoms with Crippen molar-refractivity contribution in [1.29, 1.82) is 0 Å². The van der Waals surface area contributed by atoms with Crippen molar-refractivity contribution in [3.8, 4) is 0 Å². The van der Waals surface area contributed by atoms with Crippen molar-refractivity contribution in [1.82, 2.24) is 0 Å². The van der Waals surface area contributed by atoms with Crippen molar-refractivity contribution in [2.45, 2.75) is 63.6 Å². The Labute approximate surface area is 139 Å². The van der Waals surface area contributed by atoms with E-state index in [9.17, 15) is 0 Å². The van der Waals surface area contributed by atoms with Crippen molar-refractivity contribution < 1.29 is 9.31 Å². The van der Waals surface area contributed by atoms with Crippen molar-refractivity contribution >= 4 is 18.9 Å². The molecule has 1 aromatic carbocycles.